The third-order valence-corrected chi connectivity index (χ3v) is 8.03. The lowest BCUT2D eigenvalue weighted by molar-refractivity contribution is 0.395. The van der Waals surface area contributed by atoms with Gasteiger partial charge in [0.15, 0.2) is 0 Å². The second kappa shape index (κ2) is 8.55. The van der Waals surface area contributed by atoms with Crippen molar-refractivity contribution in [2.45, 2.75) is 55.7 Å². The molecule has 0 bridgehead atoms. The fourth-order valence-corrected chi connectivity index (χ4v) is 5.75. The molecule has 8 heteroatoms. The van der Waals surface area contributed by atoms with E-state index in [4.69, 9.17) is 0 Å². The minimum Gasteiger partial charge on any atom is -0.282 e. The summed E-state index contributed by atoms with van der Waals surface area (Å²) in [6.07, 6.45) is 3.91. The minimum atomic E-state index is -4.27. The van der Waals surface area contributed by atoms with Crippen molar-refractivity contribution in [2.75, 3.05) is 13.1 Å². The molecule has 6 nitrogen and oxygen atoms in total. The summed E-state index contributed by atoms with van der Waals surface area (Å²) in [5, 5.41) is 0. The van der Waals surface area contributed by atoms with Crippen LogP contribution in [-0.4, -0.2) is 38.8 Å². The lowest BCUT2D eigenvalue weighted by Crippen LogP contribution is -2.33. The van der Waals surface area contributed by atoms with Crippen molar-refractivity contribution in [3.63, 3.8) is 0 Å². The third-order valence-electron chi connectivity index (χ3n) is 5.28. The van der Waals surface area contributed by atoms with E-state index in [1.807, 2.05) is 13.8 Å². The van der Waals surface area contributed by atoms with Gasteiger partial charge < -0.3 is 0 Å². The van der Waals surface area contributed by atoms with Crippen molar-refractivity contribution >= 4 is 20.1 Å². The molecule has 158 valence electrons. The fourth-order valence-electron chi connectivity index (χ4n) is 3.65. The van der Waals surface area contributed by atoms with Crippen LogP contribution < -0.4 is 0 Å². The molecule has 0 fully saturated rings. The van der Waals surface area contributed by atoms with Gasteiger partial charge in [0.05, 0.1) is 9.79 Å². The van der Waals surface area contributed by atoms with Crippen molar-refractivity contribution in [1.82, 2.24) is 4.31 Å². The van der Waals surface area contributed by atoms with E-state index in [9.17, 15) is 21.4 Å². The van der Waals surface area contributed by atoms with E-state index in [1.54, 1.807) is 28.6 Å². The highest BCUT2D eigenvalue weighted by atomic mass is 32.2. The van der Waals surface area contributed by atoms with Gasteiger partial charge in [0.25, 0.3) is 10.1 Å². The predicted molar refractivity (Wildman–Crippen MR) is 113 cm³/mol. The van der Waals surface area contributed by atoms with Gasteiger partial charge in [0.1, 0.15) is 0 Å². The normalized spacial score (nSPS) is 13.5. The molecule has 3 rings (SSSR count). The quantitative estimate of drug-likeness (QED) is 0.509. The van der Waals surface area contributed by atoms with E-state index in [2.05, 4.69) is 0 Å². The Bertz CT molecular complexity index is 1100. The number of nitrogens with zero attached hydrogens (tertiary/aromatic N) is 1. The highest BCUT2D eigenvalue weighted by Gasteiger charge is 2.27. The van der Waals surface area contributed by atoms with E-state index >= 15 is 0 Å². The Morgan fingerprint density at radius 2 is 1.31 bits per heavy atom. The number of fused-ring (bicyclic) bond motifs is 3. The average Bonchev–Trinajstić information content (AvgIpc) is 3.04. The van der Waals surface area contributed by atoms with Gasteiger partial charge in [-0.05, 0) is 65.8 Å². The SMILES string of the molecule is CCCCN(CCCC)S(=O)(=O)c1ccc2c(c1)Cc1cc(S(=O)(=O)O)ccc1-2. The van der Waals surface area contributed by atoms with Crippen LogP contribution in [0, 0.1) is 0 Å². The Hall–Kier alpha value is -1.74. The van der Waals surface area contributed by atoms with E-state index < -0.39 is 20.1 Å². The average molecular weight is 438 g/mol. The summed E-state index contributed by atoms with van der Waals surface area (Å²) in [7, 11) is -7.86. The maximum atomic E-state index is 13.2. The first-order valence-corrected chi connectivity index (χ1v) is 12.8. The first kappa shape index (κ1) is 22.0. The van der Waals surface area contributed by atoms with Crippen LogP contribution in [0.4, 0.5) is 0 Å². The molecular weight excluding hydrogens is 410 g/mol. The zero-order chi connectivity index (χ0) is 21.2. The maximum absolute atomic E-state index is 13.2. The molecule has 1 N–H and O–H groups in total. The summed E-state index contributed by atoms with van der Waals surface area (Å²) < 4.78 is 60.1. The monoisotopic (exact) mass is 437 g/mol. The first-order chi connectivity index (χ1) is 13.7. The molecule has 0 saturated carbocycles. The van der Waals surface area contributed by atoms with Gasteiger partial charge >= 0.3 is 0 Å². The molecular formula is C21H27NO5S2. The van der Waals surface area contributed by atoms with Crippen molar-refractivity contribution in [1.29, 1.82) is 0 Å². The van der Waals surface area contributed by atoms with Crippen LogP contribution in [0.3, 0.4) is 0 Å². The second-order valence-corrected chi connectivity index (χ2v) is 10.8. The van der Waals surface area contributed by atoms with E-state index in [0.717, 1.165) is 47.9 Å². The fraction of sp³-hybridized carbons (Fsp3) is 0.429. The topological polar surface area (TPSA) is 91.8 Å². The summed E-state index contributed by atoms with van der Waals surface area (Å²) in [6.45, 7) is 5.10. The number of rotatable bonds is 9. The van der Waals surface area contributed by atoms with Gasteiger partial charge in [0.2, 0.25) is 10.0 Å². The number of sulfonamides is 1. The summed E-state index contributed by atoms with van der Waals surface area (Å²) >= 11 is 0. The van der Waals surface area contributed by atoms with Crippen LogP contribution in [0.15, 0.2) is 46.2 Å². The standard InChI is InChI=1S/C21H27NO5S2/c1-3-5-11-22(12-6-4-2)28(23,24)18-7-9-20-16(14-18)13-17-15-19(29(25,26)27)8-10-21(17)20/h7-10,14-15H,3-6,11-13H2,1-2H3,(H,25,26,27). The predicted octanol–water partition coefficient (Wildman–Crippen LogP) is 4.10. The maximum Gasteiger partial charge on any atom is 0.294 e. The van der Waals surface area contributed by atoms with Gasteiger partial charge in [-0.2, -0.15) is 12.7 Å². The van der Waals surface area contributed by atoms with Crippen LogP contribution in [0.1, 0.15) is 50.7 Å². The largest absolute Gasteiger partial charge is 0.294 e. The lowest BCUT2D eigenvalue weighted by Gasteiger charge is -2.22. The molecule has 1 aliphatic rings. The zero-order valence-corrected chi connectivity index (χ0v) is 18.4. The molecule has 2 aromatic carbocycles. The van der Waals surface area contributed by atoms with E-state index in [0.29, 0.717) is 19.5 Å². The molecule has 29 heavy (non-hydrogen) atoms. The first-order valence-electron chi connectivity index (χ1n) is 9.92. The molecule has 0 saturated heterocycles. The Morgan fingerprint density at radius 3 is 1.79 bits per heavy atom. The van der Waals surface area contributed by atoms with Crippen LogP contribution >= 0.6 is 0 Å². The molecule has 0 aromatic heterocycles. The minimum absolute atomic E-state index is 0.151. The van der Waals surface area contributed by atoms with Crippen LogP contribution in [0.25, 0.3) is 11.1 Å². The smallest absolute Gasteiger partial charge is 0.282 e. The Morgan fingerprint density at radius 1 is 0.828 bits per heavy atom. The molecule has 2 aromatic rings. The highest BCUT2D eigenvalue weighted by molar-refractivity contribution is 7.89. The van der Waals surface area contributed by atoms with Crippen LogP contribution in [-0.2, 0) is 26.6 Å². The van der Waals surface area contributed by atoms with Crippen molar-refractivity contribution in [3.05, 3.63) is 47.5 Å². The molecule has 0 unspecified atom stereocenters. The molecule has 0 amide bonds. The number of hydrogen-bond donors (Lipinski definition) is 1. The third kappa shape index (κ3) is 4.55. The number of unbranched alkanes of at least 4 members (excludes halogenated alkanes) is 2. The summed E-state index contributed by atoms with van der Waals surface area (Å²) in [4.78, 5) is 0.119. The molecule has 0 atom stereocenters. The highest BCUT2D eigenvalue weighted by Crippen LogP contribution is 2.39. The summed E-state index contributed by atoms with van der Waals surface area (Å²) in [5.74, 6) is 0. The van der Waals surface area contributed by atoms with Crippen molar-refractivity contribution in [2.24, 2.45) is 0 Å². The molecule has 0 radical (unpaired) electrons. The van der Waals surface area contributed by atoms with Crippen LogP contribution in [0.5, 0.6) is 0 Å². The Kier molecular flexibility index (Phi) is 6.48. The number of benzene rings is 2. The van der Waals surface area contributed by atoms with Gasteiger partial charge in [-0.25, -0.2) is 8.42 Å². The van der Waals surface area contributed by atoms with Gasteiger partial charge in [-0.1, -0.05) is 38.8 Å². The summed E-state index contributed by atoms with van der Waals surface area (Å²) in [5.41, 5.74) is 3.37. The molecule has 0 spiro atoms. The van der Waals surface area contributed by atoms with Crippen molar-refractivity contribution < 1.29 is 21.4 Å². The Labute approximate surface area is 173 Å². The van der Waals surface area contributed by atoms with Crippen LogP contribution in [0.2, 0.25) is 0 Å². The van der Waals surface area contributed by atoms with Gasteiger partial charge in [-0.3, -0.25) is 4.55 Å². The van der Waals surface area contributed by atoms with Crippen molar-refractivity contribution in [3.8, 4) is 11.1 Å². The van der Waals surface area contributed by atoms with E-state index in [1.165, 1.54) is 12.1 Å². The zero-order valence-electron chi connectivity index (χ0n) is 16.8. The second-order valence-electron chi connectivity index (χ2n) is 7.40. The lowest BCUT2D eigenvalue weighted by atomic mass is 10.1. The summed E-state index contributed by atoms with van der Waals surface area (Å²) in [6, 6.07) is 9.60. The van der Waals surface area contributed by atoms with Gasteiger partial charge in [0, 0.05) is 13.1 Å². The number of hydrogen-bond acceptors (Lipinski definition) is 4. The van der Waals surface area contributed by atoms with Gasteiger partial charge in [-0.15, -0.1) is 0 Å². The van der Waals surface area contributed by atoms with E-state index in [-0.39, 0.29) is 9.79 Å². The molecule has 0 aliphatic heterocycles. The Balaban J connectivity index is 1.94. The molecule has 0 heterocycles. The molecule has 1 aliphatic carbocycles.